The molecule has 5 atom stereocenters. The Morgan fingerprint density at radius 3 is 2.81 bits per heavy atom. The first-order valence-corrected chi connectivity index (χ1v) is 13.1. The molecular weight excluding hydrogens is 610 g/mol. The van der Waals surface area contributed by atoms with E-state index >= 15 is 0 Å². The number of benzene rings is 1. The monoisotopic (exact) mass is 630 g/mol. The number of phosphoric ester groups is 1. The molecule has 1 fully saturated rings. The van der Waals surface area contributed by atoms with Gasteiger partial charge in [-0.3, -0.25) is 23.3 Å². The van der Waals surface area contributed by atoms with E-state index in [0.717, 1.165) is 3.57 Å². The fourth-order valence-corrected chi connectivity index (χ4v) is 5.25. The van der Waals surface area contributed by atoms with Gasteiger partial charge in [0.15, 0.2) is 23.4 Å². The molecule has 1 aliphatic rings. The largest absolute Gasteiger partial charge is 0.527 e. The number of carbonyl (C=O) groups is 1. The Bertz CT molecular complexity index is 1520. The number of nitrogen functional groups attached to an aromatic ring is 1. The van der Waals surface area contributed by atoms with Gasteiger partial charge >= 0.3 is 7.82 Å². The fourth-order valence-electron chi connectivity index (χ4n) is 3.98. The minimum atomic E-state index is -4.73. The zero-order valence-electron chi connectivity index (χ0n) is 18.5. The van der Waals surface area contributed by atoms with E-state index < -0.39 is 39.0 Å². The summed E-state index contributed by atoms with van der Waals surface area (Å²) in [4.78, 5) is 34.4. The summed E-state index contributed by atoms with van der Waals surface area (Å²) in [6, 6.07) is 5.17. The topological polar surface area (TPSA) is 197 Å². The number of hydrogen-bond acceptors (Lipinski definition) is 11. The summed E-state index contributed by atoms with van der Waals surface area (Å²) in [6.45, 7) is 0.760. The van der Waals surface area contributed by atoms with Crippen molar-refractivity contribution in [1.29, 1.82) is 0 Å². The summed E-state index contributed by atoms with van der Waals surface area (Å²) in [5.74, 6) is -0.213. The number of ether oxygens (including phenoxy) is 1. The lowest BCUT2D eigenvalue weighted by molar-refractivity contribution is -0.0501. The third kappa shape index (κ3) is 4.47. The number of nitrogens with two attached hydrogens (primary N) is 1. The van der Waals surface area contributed by atoms with Gasteiger partial charge in [0, 0.05) is 15.9 Å². The lowest BCUT2D eigenvalue weighted by Gasteiger charge is -2.17. The van der Waals surface area contributed by atoms with Crippen LogP contribution in [0.3, 0.4) is 0 Å². The molecule has 3 aromatic heterocycles. The van der Waals surface area contributed by atoms with Crippen molar-refractivity contribution in [1.82, 2.24) is 24.1 Å². The number of halogens is 1. The van der Waals surface area contributed by atoms with E-state index in [-0.39, 0.29) is 28.6 Å². The molecule has 1 saturated heterocycles. The Kier molecular flexibility index (Phi) is 6.48. The number of phosphoric acid groups is 1. The van der Waals surface area contributed by atoms with Crippen LogP contribution in [0.2, 0.25) is 0 Å². The third-order valence-corrected chi connectivity index (χ3v) is 7.26. The Hall–Kier alpha value is -2.66. The minimum absolute atomic E-state index is 0.0301. The number of hydrogen-bond donors (Lipinski definition) is 4. The second kappa shape index (κ2) is 9.33. The number of imidazole rings is 1. The molecule has 0 amide bonds. The van der Waals surface area contributed by atoms with Gasteiger partial charge in [-0.05, 0) is 40.8 Å². The van der Waals surface area contributed by atoms with Crippen LogP contribution in [0.15, 0.2) is 37.1 Å². The molecule has 1 unspecified atom stereocenters. The zero-order chi connectivity index (χ0) is 25.8. The highest BCUT2D eigenvalue weighted by molar-refractivity contribution is 14.1. The minimum Gasteiger partial charge on any atom is -0.402 e. The lowest BCUT2D eigenvalue weighted by Crippen LogP contribution is -2.33. The first-order valence-electron chi connectivity index (χ1n) is 10.5. The third-order valence-electron chi connectivity index (χ3n) is 5.68. The Morgan fingerprint density at radius 1 is 1.28 bits per heavy atom. The van der Waals surface area contributed by atoms with E-state index in [2.05, 4.69) is 37.5 Å². The summed E-state index contributed by atoms with van der Waals surface area (Å²) in [7, 11) is -4.73. The molecule has 1 aromatic carbocycles. The maximum Gasteiger partial charge on any atom is 0.527 e. The maximum atomic E-state index is 12.7. The normalized spacial score (nSPS) is 23.8. The first-order chi connectivity index (χ1) is 17.1. The lowest BCUT2D eigenvalue weighted by atomic mass is 10.1. The highest BCUT2D eigenvalue weighted by Crippen LogP contribution is 2.47. The molecule has 0 spiro atoms. The molecule has 14 nitrogen and oxygen atoms in total. The Morgan fingerprint density at radius 2 is 2.06 bits per heavy atom. The van der Waals surface area contributed by atoms with Crippen LogP contribution in [0, 0.1) is 3.57 Å². The second-order valence-corrected chi connectivity index (χ2v) is 10.7. The maximum absolute atomic E-state index is 12.7. The van der Waals surface area contributed by atoms with Crippen molar-refractivity contribution in [3.8, 4) is 5.75 Å². The molecule has 5 N–H and O–H groups in total. The van der Waals surface area contributed by atoms with E-state index in [1.807, 2.05) is 0 Å². The van der Waals surface area contributed by atoms with Crippen LogP contribution in [-0.4, -0.2) is 70.0 Å². The average molecular weight is 630 g/mol. The predicted octanol–water partition coefficient (Wildman–Crippen LogP) is 1.44. The highest BCUT2D eigenvalue weighted by atomic mass is 127. The number of rotatable bonds is 6. The Labute approximate surface area is 216 Å². The molecule has 0 saturated carbocycles. The van der Waals surface area contributed by atoms with Crippen LogP contribution in [0.5, 0.6) is 5.75 Å². The summed E-state index contributed by atoms with van der Waals surface area (Å²) < 4.78 is 32.3. The molecule has 1 aliphatic heterocycles. The molecular formula is C20H20IN6O8P. The van der Waals surface area contributed by atoms with Crippen LogP contribution in [0.25, 0.3) is 22.1 Å². The molecule has 16 heteroatoms. The molecule has 5 rings (SSSR count). The van der Waals surface area contributed by atoms with Crippen LogP contribution >= 0.6 is 30.4 Å². The van der Waals surface area contributed by atoms with Crippen molar-refractivity contribution in [2.75, 3.05) is 12.3 Å². The zero-order valence-corrected chi connectivity index (χ0v) is 21.6. The highest BCUT2D eigenvalue weighted by Gasteiger charge is 2.45. The number of aliphatic hydroxyl groups is 2. The number of aliphatic hydroxyl groups excluding tert-OH is 2. The average Bonchev–Trinajstić information content (AvgIpc) is 3.48. The van der Waals surface area contributed by atoms with Gasteiger partial charge in [-0.2, -0.15) is 0 Å². The Balaban J connectivity index is 1.32. The fraction of sp³-hybridized carbons (Fsp3) is 0.300. The molecule has 36 heavy (non-hydrogen) atoms. The van der Waals surface area contributed by atoms with Gasteiger partial charge in [-0.15, -0.1) is 0 Å². The van der Waals surface area contributed by atoms with Gasteiger partial charge in [0.1, 0.15) is 30.2 Å². The summed E-state index contributed by atoms with van der Waals surface area (Å²) in [6.07, 6.45) is -1.36. The first kappa shape index (κ1) is 25.0. The van der Waals surface area contributed by atoms with Crippen molar-refractivity contribution in [2.24, 2.45) is 0 Å². The molecule has 4 heterocycles. The molecule has 0 bridgehead atoms. The van der Waals surface area contributed by atoms with E-state index in [1.165, 1.54) is 34.9 Å². The summed E-state index contributed by atoms with van der Waals surface area (Å²) >= 11 is 2.07. The number of anilines is 1. The van der Waals surface area contributed by atoms with Crippen LogP contribution < -0.4 is 10.3 Å². The van der Waals surface area contributed by atoms with E-state index in [4.69, 9.17) is 19.5 Å². The van der Waals surface area contributed by atoms with Gasteiger partial charge in [0.25, 0.3) is 0 Å². The van der Waals surface area contributed by atoms with Gasteiger partial charge in [-0.25, -0.2) is 19.5 Å². The molecule has 4 aromatic rings. The van der Waals surface area contributed by atoms with E-state index in [0.29, 0.717) is 10.9 Å². The van der Waals surface area contributed by atoms with Gasteiger partial charge in [-0.1, -0.05) is 0 Å². The number of aromatic nitrogens is 5. The van der Waals surface area contributed by atoms with Crippen LogP contribution in [0.1, 0.15) is 17.9 Å². The summed E-state index contributed by atoms with van der Waals surface area (Å²) in [5, 5.41) is 21.5. The van der Waals surface area contributed by atoms with Gasteiger partial charge in [0.2, 0.25) is 5.91 Å². The van der Waals surface area contributed by atoms with Crippen LogP contribution in [0.4, 0.5) is 5.82 Å². The predicted molar refractivity (Wildman–Crippen MR) is 133 cm³/mol. The summed E-state index contributed by atoms with van der Waals surface area (Å²) in [5.41, 5.74) is 6.84. The van der Waals surface area contributed by atoms with Crippen molar-refractivity contribution in [3.63, 3.8) is 0 Å². The number of nitrogens with zero attached hydrogens (tertiary/aromatic N) is 5. The van der Waals surface area contributed by atoms with Gasteiger partial charge < -0.3 is 25.2 Å². The number of fused-ring (bicyclic) bond motifs is 2. The second-order valence-electron chi connectivity index (χ2n) is 8.03. The van der Waals surface area contributed by atoms with Crippen LogP contribution in [-0.2, 0) is 13.8 Å². The quantitative estimate of drug-likeness (QED) is 0.177. The molecule has 0 radical (unpaired) electrons. The van der Waals surface area contributed by atoms with Crippen molar-refractivity contribution in [2.45, 2.75) is 31.5 Å². The van der Waals surface area contributed by atoms with Crippen molar-refractivity contribution < 1.29 is 38.3 Å². The standard InChI is InChI=1S/C20H20IN6O8P/c1-9(28)26-5-13(11-4-10(21)2-3-12(11)26)35-36(31,32)33-6-14-16(29)17(30)20(34-14)27-8-25-15-18(22)23-7-24-19(15)27/h2-5,7-8,14,16-17,20,29-30H,6H2,1H3,(H,31,32)(H2,22,23,24)/t14-,16-,17-,20-/m1/s1. The van der Waals surface area contributed by atoms with Crippen molar-refractivity contribution >= 4 is 64.2 Å². The van der Waals surface area contributed by atoms with E-state index in [9.17, 15) is 24.5 Å². The smallest absolute Gasteiger partial charge is 0.402 e. The van der Waals surface area contributed by atoms with Gasteiger partial charge in [0.05, 0.1) is 24.6 Å². The SMILES string of the molecule is CC(=O)n1cc(OP(=O)(O)OC[C@H]2O[C@@H](n3cnc4c(N)ncnc43)[C@H](O)[C@@H]2O)c2cc(I)ccc21. The van der Waals surface area contributed by atoms with Crippen molar-refractivity contribution in [3.05, 3.63) is 40.6 Å². The molecule has 190 valence electrons. The number of carbonyl (C=O) groups excluding carboxylic acids is 1. The van der Waals surface area contributed by atoms with E-state index in [1.54, 1.807) is 18.2 Å². The molecule has 0 aliphatic carbocycles.